The third-order valence-electron chi connectivity index (χ3n) is 2.91. The molecule has 0 aromatic heterocycles. The summed E-state index contributed by atoms with van der Waals surface area (Å²) in [6, 6.07) is 9.17. The predicted octanol–water partition coefficient (Wildman–Crippen LogP) is 3.06. The van der Waals surface area contributed by atoms with Gasteiger partial charge in [-0.15, -0.1) is 0 Å². The van der Waals surface area contributed by atoms with Gasteiger partial charge in [0, 0.05) is 6.08 Å². The fraction of sp³-hybridized carbons (Fsp3) is 0.412. The van der Waals surface area contributed by atoms with E-state index in [1.807, 2.05) is 44.2 Å². The maximum Gasteiger partial charge on any atom is 0.407 e. The van der Waals surface area contributed by atoms with Gasteiger partial charge in [-0.25, -0.2) is 9.59 Å². The molecule has 0 radical (unpaired) electrons. The molecule has 0 aliphatic rings. The van der Waals surface area contributed by atoms with Gasteiger partial charge in [-0.2, -0.15) is 0 Å². The van der Waals surface area contributed by atoms with E-state index in [9.17, 15) is 9.59 Å². The van der Waals surface area contributed by atoms with Crippen molar-refractivity contribution in [2.75, 3.05) is 7.11 Å². The van der Waals surface area contributed by atoms with Crippen LogP contribution in [0.15, 0.2) is 42.5 Å². The molecule has 1 rings (SSSR count). The van der Waals surface area contributed by atoms with Crippen LogP contribution in [0.1, 0.15) is 25.8 Å². The number of benzene rings is 1. The number of esters is 1. The predicted molar refractivity (Wildman–Crippen MR) is 84.2 cm³/mol. The molecular formula is C17H23NO4. The van der Waals surface area contributed by atoms with Crippen molar-refractivity contribution < 1.29 is 19.1 Å². The minimum absolute atomic E-state index is 0.210. The quantitative estimate of drug-likeness (QED) is 0.621. The average molecular weight is 305 g/mol. The van der Waals surface area contributed by atoms with Crippen LogP contribution in [0.2, 0.25) is 0 Å². The molecule has 0 aliphatic heterocycles. The van der Waals surface area contributed by atoms with Crippen LogP contribution in [0.5, 0.6) is 0 Å². The van der Waals surface area contributed by atoms with E-state index in [4.69, 9.17) is 4.74 Å². The number of amides is 1. The zero-order chi connectivity index (χ0) is 16.4. The second kappa shape index (κ2) is 9.60. The molecule has 0 saturated heterocycles. The highest BCUT2D eigenvalue weighted by molar-refractivity contribution is 5.82. The van der Waals surface area contributed by atoms with Crippen molar-refractivity contribution in [1.29, 1.82) is 0 Å². The number of nitrogens with one attached hydrogen (secondary N) is 1. The van der Waals surface area contributed by atoms with Gasteiger partial charge in [-0.3, -0.25) is 0 Å². The smallest absolute Gasteiger partial charge is 0.407 e. The van der Waals surface area contributed by atoms with Gasteiger partial charge in [0.25, 0.3) is 0 Å². The SMILES string of the molecule is COC(=O)/C=C\[C@H](CC(C)C)NC(=O)OCc1ccccc1. The van der Waals surface area contributed by atoms with Gasteiger partial charge >= 0.3 is 12.1 Å². The van der Waals surface area contributed by atoms with Crippen LogP contribution in [0.25, 0.3) is 0 Å². The van der Waals surface area contributed by atoms with Crippen LogP contribution in [0.4, 0.5) is 4.79 Å². The highest BCUT2D eigenvalue weighted by atomic mass is 16.5. The van der Waals surface area contributed by atoms with Crippen LogP contribution in [0, 0.1) is 5.92 Å². The van der Waals surface area contributed by atoms with Gasteiger partial charge in [0.1, 0.15) is 6.61 Å². The number of hydrogen-bond acceptors (Lipinski definition) is 4. The largest absolute Gasteiger partial charge is 0.466 e. The first-order valence-corrected chi connectivity index (χ1v) is 7.24. The van der Waals surface area contributed by atoms with Gasteiger partial charge in [0.15, 0.2) is 0 Å². The Bertz CT molecular complexity index is 497. The second-order valence-corrected chi connectivity index (χ2v) is 5.32. The molecule has 1 atom stereocenters. The molecule has 0 fully saturated rings. The van der Waals surface area contributed by atoms with Crippen molar-refractivity contribution in [1.82, 2.24) is 5.32 Å². The lowest BCUT2D eigenvalue weighted by Gasteiger charge is -2.17. The lowest BCUT2D eigenvalue weighted by atomic mass is 10.0. The van der Waals surface area contributed by atoms with Crippen LogP contribution in [-0.4, -0.2) is 25.2 Å². The first-order chi connectivity index (χ1) is 10.5. The number of ether oxygens (including phenoxy) is 2. The Kier molecular flexibility index (Phi) is 7.75. The molecule has 1 aromatic carbocycles. The number of rotatable bonds is 7. The fourth-order valence-electron chi connectivity index (χ4n) is 1.87. The van der Waals surface area contributed by atoms with E-state index in [2.05, 4.69) is 10.1 Å². The zero-order valence-corrected chi connectivity index (χ0v) is 13.2. The Balaban J connectivity index is 2.51. The topological polar surface area (TPSA) is 64.6 Å². The van der Waals surface area contributed by atoms with Gasteiger partial charge < -0.3 is 14.8 Å². The molecule has 0 aliphatic carbocycles. The summed E-state index contributed by atoms with van der Waals surface area (Å²) in [7, 11) is 1.31. The summed E-state index contributed by atoms with van der Waals surface area (Å²) < 4.78 is 9.72. The average Bonchev–Trinajstić information content (AvgIpc) is 2.50. The monoisotopic (exact) mass is 305 g/mol. The van der Waals surface area contributed by atoms with Crippen molar-refractivity contribution >= 4 is 12.1 Å². The molecule has 1 N–H and O–H groups in total. The second-order valence-electron chi connectivity index (χ2n) is 5.32. The van der Waals surface area contributed by atoms with E-state index in [1.54, 1.807) is 6.08 Å². The normalized spacial score (nSPS) is 12.2. The molecule has 1 amide bonds. The third kappa shape index (κ3) is 7.47. The molecule has 0 heterocycles. The summed E-state index contributed by atoms with van der Waals surface area (Å²) in [5, 5.41) is 2.74. The first-order valence-electron chi connectivity index (χ1n) is 7.24. The zero-order valence-electron chi connectivity index (χ0n) is 13.2. The van der Waals surface area contributed by atoms with Crippen molar-refractivity contribution in [3.8, 4) is 0 Å². The number of alkyl carbamates (subject to hydrolysis) is 1. The molecule has 22 heavy (non-hydrogen) atoms. The van der Waals surface area contributed by atoms with Gasteiger partial charge in [0.2, 0.25) is 0 Å². The van der Waals surface area contributed by atoms with Crippen molar-refractivity contribution in [3.05, 3.63) is 48.0 Å². The summed E-state index contributed by atoms with van der Waals surface area (Å²) in [4.78, 5) is 23.0. The van der Waals surface area contributed by atoms with E-state index in [0.717, 1.165) is 5.56 Å². The molecule has 5 nitrogen and oxygen atoms in total. The van der Waals surface area contributed by atoms with Gasteiger partial charge in [0.05, 0.1) is 13.2 Å². The van der Waals surface area contributed by atoms with Crippen molar-refractivity contribution in [2.45, 2.75) is 32.9 Å². The molecule has 0 spiro atoms. The highest BCUT2D eigenvalue weighted by Gasteiger charge is 2.13. The molecule has 1 aromatic rings. The molecule has 0 unspecified atom stereocenters. The van der Waals surface area contributed by atoms with Crippen LogP contribution >= 0.6 is 0 Å². The molecule has 5 heteroatoms. The highest BCUT2D eigenvalue weighted by Crippen LogP contribution is 2.07. The Morgan fingerprint density at radius 2 is 1.91 bits per heavy atom. The summed E-state index contributed by atoms with van der Waals surface area (Å²) in [6.07, 6.45) is 3.12. The van der Waals surface area contributed by atoms with E-state index >= 15 is 0 Å². The maximum atomic E-state index is 11.8. The summed E-state index contributed by atoms with van der Waals surface area (Å²) in [6.45, 7) is 4.29. The Labute approximate surface area is 131 Å². The van der Waals surface area contributed by atoms with Gasteiger partial charge in [-0.1, -0.05) is 50.3 Å². The van der Waals surface area contributed by atoms with E-state index in [1.165, 1.54) is 13.2 Å². The van der Waals surface area contributed by atoms with Gasteiger partial charge in [-0.05, 0) is 17.9 Å². The van der Waals surface area contributed by atoms with Crippen molar-refractivity contribution in [3.63, 3.8) is 0 Å². The lowest BCUT2D eigenvalue weighted by molar-refractivity contribution is -0.134. The van der Waals surface area contributed by atoms with E-state index in [0.29, 0.717) is 12.3 Å². The number of hydrogen-bond donors (Lipinski definition) is 1. The van der Waals surface area contributed by atoms with Crippen LogP contribution in [0.3, 0.4) is 0 Å². The number of carbonyl (C=O) groups is 2. The summed E-state index contributed by atoms with van der Waals surface area (Å²) >= 11 is 0. The Morgan fingerprint density at radius 3 is 2.50 bits per heavy atom. The minimum Gasteiger partial charge on any atom is -0.466 e. The third-order valence-corrected chi connectivity index (χ3v) is 2.91. The van der Waals surface area contributed by atoms with Crippen molar-refractivity contribution in [2.24, 2.45) is 5.92 Å². The number of carbonyl (C=O) groups excluding carboxylic acids is 2. The molecule has 0 saturated carbocycles. The molecular weight excluding hydrogens is 282 g/mol. The van der Waals surface area contributed by atoms with E-state index < -0.39 is 12.1 Å². The Morgan fingerprint density at radius 1 is 1.23 bits per heavy atom. The standard InChI is InChI=1S/C17H23NO4/c1-13(2)11-15(9-10-16(19)21-3)18-17(20)22-12-14-7-5-4-6-8-14/h4-10,13,15H,11-12H2,1-3H3,(H,18,20)/b10-9-/t15-/m1/s1. The Hall–Kier alpha value is -2.30. The molecule has 0 bridgehead atoms. The summed E-state index contributed by atoms with van der Waals surface area (Å²) in [5.74, 6) is -0.0880. The van der Waals surface area contributed by atoms with Crippen LogP contribution < -0.4 is 5.32 Å². The molecule has 120 valence electrons. The van der Waals surface area contributed by atoms with E-state index in [-0.39, 0.29) is 12.6 Å². The number of methoxy groups -OCH3 is 1. The first kappa shape index (κ1) is 17.8. The minimum atomic E-state index is -0.510. The van der Waals surface area contributed by atoms with Crippen LogP contribution in [-0.2, 0) is 20.9 Å². The maximum absolute atomic E-state index is 11.8. The lowest BCUT2D eigenvalue weighted by Crippen LogP contribution is -2.35. The fourth-order valence-corrected chi connectivity index (χ4v) is 1.87. The summed E-state index contributed by atoms with van der Waals surface area (Å²) in [5.41, 5.74) is 0.920.